The van der Waals surface area contributed by atoms with Crippen LogP contribution >= 0.6 is 11.6 Å². The number of ether oxygens (including phenoxy) is 1. The van der Waals surface area contributed by atoms with Crippen molar-refractivity contribution in [1.29, 1.82) is 0 Å². The van der Waals surface area contributed by atoms with Crippen molar-refractivity contribution < 1.29 is 4.74 Å². The second-order valence-corrected chi connectivity index (χ2v) is 3.49. The Balaban J connectivity index is 2.82. The monoisotopic (exact) mass is 222 g/mol. The topological polar surface area (TPSA) is 35.0 Å². The minimum Gasteiger partial charge on any atom is -0.494 e. The van der Waals surface area contributed by atoms with Gasteiger partial charge in [-0.2, -0.15) is 0 Å². The Labute approximate surface area is 93.1 Å². The average Bonchev–Trinajstić information content (AvgIpc) is 2.27. The number of halogens is 1. The van der Waals surface area contributed by atoms with Crippen LogP contribution in [-0.2, 0) is 6.42 Å². The summed E-state index contributed by atoms with van der Waals surface area (Å²) in [5.74, 6) is 0.728. The number of nitrogens with zero attached hydrogens (tertiary/aromatic N) is 2. The smallest absolute Gasteiger partial charge is 0.223 e. The van der Waals surface area contributed by atoms with Gasteiger partial charge in [0.15, 0.2) is 0 Å². The summed E-state index contributed by atoms with van der Waals surface area (Å²) in [5.41, 5.74) is 1.72. The van der Waals surface area contributed by atoms with Crippen LogP contribution in [0.15, 0.2) is 18.2 Å². The minimum atomic E-state index is 0.267. The van der Waals surface area contributed by atoms with Crippen molar-refractivity contribution in [2.45, 2.75) is 13.3 Å². The van der Waals surface area contributed by atoms with Gasteiger partial charge in [0.2, 0.25) is 5.28 Å². The molecule has 78 valence electrons. The highest BCUT2D eigenvalue weighted by Gasteiger charge is 2.08. The zero-order valence-electron chi connectivity index (χ0n) is 8.62. The van der Waals surface area contributed by atoms with Gasteiger partial charge in [0, 0.05) is 5.39 Å². The molecule has 0 aliphatic heterocycles. The molecule has 0 saturated carbocycles. The van der Waals surface area contributed by atoms with Crippen LogP contribution in [0.5, 0.6) is 5.75 Å². The first-order valence-electron chi connectivity index (χ1n) is 4.75. The summed E-state index contributed by atoms with van der Waals surface area (Å²) in [6.07, 6.45) is 0.825. The van der Waals surface area contributed by atoms with Gasteiger partial charge in [-0.15, -0.1) is 0 Å². The van der Waals surface area contributed by atoms with E-state index in [1.165, 1.54) is 0 Å². The molecule has 0 aliphatic carbocycles. The quantitative estimate of drug-likeness (QED) is 0.733. The predicted molar refractivity (Wildman–Crippen MR) is 60.5 cm³/mol. The predicted octanol–water partition coefficient (Wildman–Crippen LogP) is 2.85. The molecule has 0 unspecified atom stereocenters. The van der Waals surface area contributed by atoms with Gasteiger partial charge in [-0.05, 0) is 24.1 Å². The summed E-state index contributed by atoms with van der Waals surface area (Å²) in [5, 5.41) is 1.27. The van der Waals surface area contributed by atoms with Crippen molar-refractivity contribution in [3.05, 3.63) is 29.2 Å². The fourth-order valence-corrected chi connectivity index (χ4v) is 1.78. The van der Waals surface area contributed by atoms with Gasteiger partial charge < -0.3 is 4.74 Å². The van der Waals surface area contributed by atoms with Gasteiger partial charge >= 0.3 is 0 Å². The Morgan fingerprint density at radius 3 is 2.80 bits per heavy atom. The largest absolute Gasteiger partial charge is 0.494 e. The standard InChI is InChI=1S/C11H11ClN2O/c1-3-8-7-5-4-6-9(15-2)10(7)14-11(12)13-8/h4-6H,3H2,1-2H3. The van der Waals surface area contributed by atoms with Crippen LogP contribution < -0.4 is 4.74 Å². The summed E-state index contributed by atoms with van der Waals surface area (Å²) in [7, 11) is 1.62. The van der Waals surface area contributed by atoms with Crippen molar-refractivity contribution in [3.8, 4) is 5.75 Å². The highest BCUT2D eigenvalue weighted by atomic mass is 35.5. The molecule has 1 heterocycles. The molecular formula is C11H11ClN2O. The molecule has 0 N–H and O–H groups in total. The molecule has 15 heavy (non-hydrogen) atoms. The lowest BCUT2D eigenvalue weighted by Gasteiger charge is -2.07. The van der Waals surface area contributed by atoms with Gasteiger partial charge in [-0.1, -0.05) is 19.1 Å². The van der Waals surface area contributed by atoms with Crippen molar-refractivity contribution in [1.82, 2.24) is 9.97 Å². The van der Waals surface area contributed by atoms with Crippen molar-refractivity contribution in [2.24, 2.45) is 0 Å². The zero-order valence-corrected chi connectivity index (χ0v) is 9.38. The second-order valence-electron chi connectivity index (χ2n) is 3.15. The Hall–Kier alpha value is -1.35. The zero-order chi connectivity index (χ0) is 10.8. The van der Waals surface area contributed by atoms with Gasteiger partial charge in [-0.3, -0.25) is 0 Å². The van der Waals surface area contributed by atoms with Gasteiger partial charge in [0.1, 0.15) is 11.3 Å². The number of para-hydroxylation sites is 1. The third-order valence-electron chi connectivity index (χ3n) is 2.30. The van der Waals surface area contributed by atoms with Gasteiger partial charge in [0.25, 0.3) is 0 Å². The van der Waals surface area contributed by atoms with E-state index in [-0.39, 0.29) is 5.28 Å². The lowest BCUT2D eigenvalue weighted by atomic mass is 10.1. The normalized spacial score (nSPS) is 10.6. The Morgan fingerprint density at radius 2 is 2.13 bits per heavy atom. The summed E-state index contributed by atoms with van der Waals surface area (Å²) in [6.45, 7) is 2.04. The first-order chi connectivity index (χ1) is 7.26. The summed E-state index contributed by atoms with van der Waals surface area (Å²) < 4.78 is 5.23. The van der Waals surface area contributed by atoms with E-state index in [1.54, 1.807) is 7.11 Å². The summed E-state index contributed by atoms with van der Waals surface area (Å²) in [6, 6.07) is 5.77. The lowest BCUT2D eigenvalue weighted by molar-refractivity contribution is 0.419. The second kappa shape index (κ2) is 4.03. The van der Waals surface area contributed by atoms with Crippen LogP contribution in [0.1, 0.15) is 12.6 Å². The first kappa shape index (κ1) is 10.2. The number of hydrogen-bond donors (Lipinski definition) is 0. The van der Waals surface area contributed by atoms with Gasteiger partial charge in [0.05, 0.1) is 12.8 Å². The van der Waals surface area contributed by atoms with E-state index in [0.29, 0.717) is 0 Å². The fourth-order valence-electron chi connectivity index (χ4n) is 1.59. The van der Waals surface area contributed by atoms with Crippen LogP contribution in [-0.4, -0.2) is 17.1 Å². The molecule has 0 fully saturated rings. The van der Waals surface area contributed by atoms with Crippen molar-refractivity contribution in [3.63, 3.8) is 0 Å². The molecule has 0 radical (unpaired) electrons. The first-order valence-corrected chi connectivity index (χ1v) is 5.13. The maximum absolute atomic E-state index is 5.85. The van der Waals surface area contributed by atoms with E-state index < -0.39 is 0 Å². The highest BCUT2D eigenvalue weighted by molar-refractivity contribution is 6.28. The molecule has 3 nitrogen and oxygen atoms in total. The molecule has 1 aromatic heterocycles. The van der Waals surface area contributed by atoms with E-state index in [4.69, 9.17) is 16.3 Å². The van der Waals surface area contributed by atoms with E-state index in [1.807, 2.05) is 25.1 Å². The summed E-state index contributed by atoms with van der Waals surface area (Å²) in [4.78, 5) is 8.38. The van der Waals surface area contributed by atoms with E-state index in [0.717, 1.165) is 28.8 Å². The molecule has 2 aromatic rings. The highest BCUT2D eigenvalue weighted by Crippen LogP contribution is 2.26. The lowest BCUT2D eigenvalue weighted by Crippen LogP contribution is -1.95. The molecule has 0 spiro atoms. The number of rotatable bonds is 2. The van der Waals surface area contributed by atoms with Gasteiger partial charge in [-0.25, -0.2) is 9.97 Å². The molecule has 2 rings (SSSR count). The van der Waals surface area contributed by atoms with Crippen molar-refractivity contribution in [2.75, 3.05) is 7.11 Å². The molecule has 1 aromatic carbocycles. The van der Waals surface area contributed by atoms with Crippen LogP contribution in [0, 0.1) is 0 Å². The fraction of sp³-hybridized carbons (Fsp3) is 0.273. The maximum atomic E-state index is 5.85. The average molecular weight is 223 g/mol. The van der Waals surface area contributed by atoms with E-state index in [2.05, 4.69) is 9.97 Å². The number of benzene rings is 1. The molecular weight excluding hydrogens is 212 g/mol. The maximum Gasteiger partial charge on any atom is 0.223 e. The van der Waals surface area contributed by atoms with Crippen molar-refractivity contribution >= 4 is 22.5 Å². The van der Waals surface area contributed by atoms with Crippen LogP contribution in [0.3, 0.4) is 0 Å². The Kier molecular flexibility index (Phi) is 2.73. The minimum absolute atomic E-state index is 0.267. The Morgan fingerprint density at radius 1 is 1.33 bits per heavy atom. The number of methoxy groups -OCH3 is 1. The van der Waals surface area contributed by atoms with E-state index >= 15 is 0 Å². The third-order valence-corrected chi connectivity index (χ3v) is 2.47. The number of aryl methyl sites for hydroxylation is 1. The van der Waals surface area contributed by atoms with E-state index in [9.17, 15) is 0 Å². The molecule has 0 bridgehead atoms. The number of hydrogen-bond acceptors (Lipinski definition) is 3. The SMILES string of the molecule is CCc1nc(Cl)nc2c(OC)cccc12. The number of aromatic nitrogens is 2. The van der Waals surface area contributed by atoms with Crippen LogP contribution in [0.4, 0.5) is 0 Å². The number of fused-ring (bicyclic) bond motifs is 1. The molecule has 0 amide bonds. The molecule has 0 aliphatic rings. The molecule has 4 heteroatoms. The molecule has 0 atom stereocenters. The summed E-state index contributed by atoms with van der Waals surface area (Å²) >= 11 is 5.85. The van der Waals surface area contributed by atoms with Crippen LogP contribution in [0.2, 0.25) is 5.28 Å². The Bertz CT molecular complexity index is 499. The molecule has 0 saturated heterocycles. The van der Waals surface area contributed by atoms with Crippen LogP contribution in [0.25, 0.3) is 10.9 Å². The third kappa shape index (κ3) is 1.75.